The minimum Gasteiger partial charge on any atom is -0.309 e. The lowest BCUT2D eigenvalue weighted by Crippen LogP contribution is -2.31. The first kappa shape index (κ1) is 78.8. The summed E-state index contributed by atoms with van der Waals surface area (Å²) in [5, 5.41) is 14.8. The first-order valence-corrected chi connectivity index (χ1v) is 46.3. The van der Waals surface area contributed by atoms with E-state index in [0.29, 0.717) is 0 Å². The molecular weight excluding hydrogens is 1620 g/mol. The zero-order valence-electron chi connectivity index (χ0n) is 73.6. The molecule has 26 rings (SSSR count). The molecule has 0 bridgehead atoms. The van der Waals surface area contributed by atoms with Crippen molar-refractivity contribution in [3.8, 4) is 67.3 Å². The number of hydrogen-bond acceptors (Lipinski definition) is 0. The Morgan fingerprint density at radius 1 is 0.112 bits per heavy atom. The summed E-state index contributed by atoms with van der Waals surface area (Å²) in [6, 6.07) is 197. The van der Waals surface area contributed by atoms with Crippen LogP contribution in [0.2, 0.25) is 0 Å². The maximum Gasteiger partial charge on any atom is 0.0702 e. The molecule has 0 saturated carbocycles. The Morgan fingerprint density at radius 2 is 0.366 bits per heavy atom. The summed E-state index contributed by atoms with van der Waals surface area (Å²) in [7, 11) is 0. The fraction of sp³-hybridized carbons (Fsp3) is 0.0154. The molecule has 628 valence electrons. The number of nitrogens with zero attached hydrogens (tertiary/aromatic N) is 4. The Kier molecular flexibility index (Phi) is 19.4. The van der Waals surface area contributed by atoms with Gasteiger partial charge < -0.3 is 18.3 Å². The topological polar surface area (TPSA) is 19.7 Å². The molecule has 0 unspecified atom stereocenters. The van der Waals surface area contributed by atoms with E-state index in [2.05, 4.69) is 552 Å². The van der Waals surface area contributed by atoms with E-state index in [0.717, 1.165) is 28.2 Å². The number of rotatable bonds is 16. The van der Waals surface area contributed by atoms with Gasteiger partial charge in [-0.15, -0.1) is 0 Å². The molecule has 0 spiro atoms. The van der Waals surface area contributed by atoms with Crippen molar-refractivity contribution >= 4 is 109 Å². The van der Waals surface area contributed by atoms with E-state index in [1.807, 2.05) is 0 Å². The smallest absolute Gasteiger partial charge is 0.0702 e. The van der Waals surface area contributed by atoms with Gasteiger partial charge in [-0.2, -0.15) is 0 Å². The van der Waals surface area contributed by atoms with Gasteiger partial charge in [-0.1, -0.05) is 394 Å². The number of fused-ring (bicyclic) bond motifs is 14. The average Bonchev–Trinajstić information content (AvgIpc) is 0.840. The lowest BCUT2D eigenvalue weighted by atomic mass is 9.64. The minimum atomic E-state index is -0.641. The van der Waals surface area contributed by atoms with Crippen LogP contribution in [-0.4, -0.2) is 18.3 Å². The summed E-state index contributed by atoms with van der Waals surface area (Å²) >= 11 is 0. The normalized spacial score (nSPS) is 11.9. The van der Waals surface area contributed by atoms with Crippen LogP contribution >= 0.6 is 0 Å². The second-order valence-electron chi connectivity index (χ2n) is 35.4. The molecule has 22 aromatic carbocycles. The van der Waals surface area contributed by atoms with Gasteiger partial charge in [0.25, 0.3) is 0 Å². The minimum absolute atomic E-state index is 0.554. The monoisotopic (exact) mass is 1700 g/mol. The molecule has 0 N–H and O–H groups in total. The molecule has 0 amide bonds. The van der Waals surface area contributed by atoms with Crippen molar-refractivity contribution in [2.45, 2.75) is 10.8 Å². The van der Waals surface area contributed by atoms with Gasteiger partial charge in [0.1, 0.15) is 0 Å². The van der Waals surface area contributed by atoms with Crippen molar-refractivity contribution in [2.75, 3.05) is 0 Å². The van der Waals surface area contributed by atoms with Gasteiger partial charge in [0, 0.05) is 65.8 Å². The molecule has 0 saturated heterocycles. The Bertz CT molecular complexity index is 8750. The van der Waals surface area contributed by atoms with Crippen LogP contribution < -0.4 is 0 Å². The SMILES string of the molecule is c1ccc(-n2c3ccc(-c4ccc(-c5ccc6c(c5)c5ccccc5n6-c5ccc6ccccc6c5)cc4)cc3c3ccc(C(c4ccccc4)(c4ccccc4)c4ccccc4)cc32)cc1.c1ccc(-n2c3ccccc3c3cc(-c4cc(-c5ccc6c(c5)c5ccccc5n6-c5ccc6ccccc6c5)cc(C(c5ccccc5)(c5ccccc5)c5ccccc5)c4)ccc32)cc1. The summed E-state index contributed by atoms with van der Waals surface area (Å²) in [6.45, 7) is 0. The molecular formula is C130H88N4. The third-order valence-electron chi connectivity index (χ3n) is 28.1. The average molecular weight is 1710 g/mol. The molecule has 26 aromatic rings. The van der Waals surface area contributed by atoms with Gasteiger partial charge in [0.15, 0.2) is 0 Å². The van der Waals surface area contributed by atoms with Crippen molar-refractivity contribution in [2.24, 2.45) is 0 Å². The van der Waals surface area contributed by atoms with Crippen LogP contribution in [0.3, 0.4) is 0 Å². The molecule has 0 aliphatic heterocycles. The van der Waals surface area contributed by atoms with Gasteiger partial charge in [0.2, 0.25) is 0 Å². The molecule has 4 nitrogen and oxygen atoms in total. The Balaban J connectivity index is 0.000000143. The summed E-state index contributed by atoms with van der Waals surface area (Å²) in [4.78, 5) is 0. The maximum atomic E-state index is 2.46. The van der Waals surface area contributed by atoms with Crippen LogP contribution in [0.4, 0.5) is 0 Å². The van der Waals surface area contributed by atoms with E-state index >= 15 is 0 Å². The lowest BCUT2D eigenvalue weighted by molar-refractivity contribution is 0.746. The molecule has 4 heterocycles. The van der Waals surface area contributed by atoms with Crippen molar-refractivity contribution in [1.29, 1.82) is 0 Å². The summed E-state index contributed by atoms with van der Waals surface area (Å²) in [5.74, 6) is 0. The highest BCUT2D eigenvalue weighted by molar-refractivity contribution is 6.15. The van der Waals surface area contributed by atoms with Crippen LogP contribution in [0.1, 0.15) is 44.5 Å². The van der Waals surface area contributed by atoms with E-state index in [1.165, 1.54) is 192 Å². The molecule has 0 atom stereocenters. The largest absolute Gasteiger partial charge is 0.309 e. The van der Waals surface area contributed by atoms with E-state index in [9.17, 15) is 0 Å². The van der Waals surface area contributed by atoms with E-state index in [4.69, 9.17) is 0 Å². The van der Waals surface area contributed by atoms with Crippen LogP contribution in [0.25, 0.3) is 176 Å². The summed E-state index contributed by atoms with van der Waals surface area (Å²) in [6.07, 6.45) is 0. The van der Waals surface area contributed by atoms with E-state index < -0.39 is 10.8 Å². The lowest BCUT2D eigenvalue weighted by Gasteiger charge is -2.37. The second-order valence-corrected chi connectivity index (χ2v) is 35.4. The van der Waals surface area contributed by atoms with Crippen LogP contribution in [0.15, 0.2) is 534 Å². The molecule has 4 heteroatoms. The summed E-state index contributed by atoms with van der Waals surface area (Å²) in [5.41, 5.74) is 32.2. The highest BCUT2D eigenvalue weighted by Crippen LogP contribution is 2.52. The van der Waals surface area contributed by atoms with Crippen LogP contribution in [-0.2, 0) is 10.8 Å². The maximum absolute atomic E-state index is 2.46. The standard InChI is InChI=1S/2C65H44N2/c1-5-21-51(22-6-1)65(52-23-7-2-8-24-52,53-25-9-3-10-26-53)54-40-49(47-34-37-63-59(43-47)57-29-15-17-31-61(57)66(63)55-27-11-4-12-28-55)39-50(41-54)48-35-38-64-60(44-48)58-30-16-18-32-62(58)67(64)56-36-33-45-19-13-14-20-46(45)42-56;1-5-19-51(20-6-1)65(52-21-7-2-8-22-52,53-23-9-3-10-24-53)54-36-38-58-60-43-50(34-39-62(60)66(64(58)44-54)55-25-11-4-12-26-55)47-31-29-46(30-32-47)49-35-40-63-59(42-49)57-27-15-16-28-61(57)67(63)56-37-33-45-17-13-14-18-48(45)41-56/h2*1-44H. The van der Waals surface area contributed by atoms with Crippen molar-refractivity contribution in [1.82, 2.24) is 18.3 Å². The third kappa shape index (κ3) is 13.2. The Morgan fingerprint density at radius 3 is 0.709 bits per heavy atom. The number of aromatic nitrogens is 4. The zero-order valence-corrected chi connectivity index (χ0v) is 73.6. The summed E-state index contributed by atoms with van der Waals surface area (Å²) < 4.78 is 9.67. The first-order chi connectivity index (χ1) is 66.4. The Labute approximate surface area is 778 Å². The Hall–Kier alpha value is -17.4. The predicted molar refractivity (Wildman–Crippen MR) is 564 cm³/mol. The van der Waals surface area contributed by atoms with Crippen molar-refractivity contribution in [3.63, 3.8) is 0 Å². The number of benzene rings is 22. The fourth-order valence-electron chi connectivity index (χ4n) is 22.0. The quantitative estimate of drug-likeness (QED) is 0.0859. The van der Waals surface area contributed by atoms with E-state index in [-0.39, 0.29) is 0 Å². The number of hydrogen-bond donors (Lipinski definition) is 0. The first-order valence-electron chi connectivity index (χ1n) is 46.3. The molecule has 0 radical (unpaired) electrons. The van der Waals surface area contributed by atoms with Crippen LogP contribution in [0, 0.1) is 0 Å². The van der Waals surface area contributed by atoms with Gasteiger partial charge in [-0.25, -0.2) is 0 Å². The van der Waals surface area contributed by atoms with Gasteiger partial charge in [-0.05, 0) is 250 Å². The van der Waals surface area contributed by atoms with E-state index in [1.54, 1.807) is 0 Å². The zero-order chi connectivity index (χ0) is 88.6. The number of para-hydroxylation sites is 5. The molecule has 0 aliphatic carbocycles. The fourth-order valence-corrected chi connectivity index (χ4v) is 22.0. The third-order valence-corrected chi connectivity index (χ3v) is 28.1. The van der Waals surface area contributed by atoms with Crippen molar-refractivity contribution in [3.05, 3.63) is 578 Å². The molecule has 4 aromatic heterocycles. The molecule has 134 heavy (non-hydrogen) atoms. The van der Waals surface area contributed by atoms with Crippen molar-refractivity contribution < 1.29 is 0 Å². The highest BCUT2D eigenvalue weighted by Gasteiger charge is 2.41. The highest BCUT2D eigenvalue weighted by atomic mass is 15.0. The van der Waals surface area contributed by atoms with Crippen LogP contribution in [0.5, 0.6) is 0 Å². The van der Waals surface area contributed by atoms with Gasteiger partial charge in [0.05, 0.1) is 55.0 Å². The van der Waals surface area contributed by atoms with Gasteiger partial charge in [-0.3, -0.25) is 0 Å². The van der Waals surface area contributed by atoms with Gasteiger partial charge >= 0.3 is 0 Å². The second kappa shape index (κ2) is 32.9. The molecule has 0 fully saturated rings. The predicted octanol–water partition coefficient (Wildman–Crippen LogP) is 33.5. The molecule has 0 aliphatic rings.